The lowest BCUT2D eigenvalue weighted by molar-refractivity contribution is 0.835. The van der Waals surface area contributed by atoms with Crippen LogP contribution in [-0.4, -0.2) is 11.3 Å². The van der Waals surface area contributed by atoms with Crippen LogP contribution >= 0.6 is 15.0 Å². The molecule has 0 aliphatic heterocycles. The molecule has 0 saturated heterocycles. The monoisotopic (exact) mass is 669 g/mol. The zero-order chi connectivity index (χ0) is 34.3. The van der Waals surface area contributed by atoms with Gasteiger partial charge in [0, 0.05) is 10.6 Å². The Balaban J connectivity index is 1.91. The maximum atomic E-state index is 6.14. The molecule has 248 valence electrons. The number of nitrogens with zero attached hydrogens (tertiary/aromatic N) is 2. The quantitative estimate of drug-likeness (QED) is 0.118. The Morgan fingerprint density at radius 1 is 0.562 bits per heavy atom. The lowest BCUT2D eigenvalue weighted by atomic mass is 9.93. The number of hydrogen-bond acceptors (Lipinski definition) is 1. The Bertz CT molecular complexity index is 1780. The minimum atomic E-state index is -2.66. The molecule has 0 aromatic heterocycles. The second-order valence-corrected chi connectivity index (χ2v) is 19.8. The van der Waals surface area contributed by atoms with Gasteiger partial charge in [0.1, 0.15) is 0 Å². The Labute approximate surface area is 291 Å². The van der Waals surface area contributed by atoms with Crippen LogP contribution in [0.4, 0.5) is 11.4 Å². The first kappa shape index (κ1) is 35.6. The smallest absolute Gasteiger partial charge is 0.0694 e. The maximum Gasteiger partial charge on any atom is 0.0694 e. The van der Waals surface area contributed by atoms with Gasteiger partial charge in [0.15, 0.2) is 0 Å². The first-order valence-corrected chi connectivity index (χ1v) is 20.6. The van der Waals surface area contributed by atoms with E-state index in [1.807, 2.05) is 0 Å². The number of para-hydroxylation sites is 1. The molecule has 48 heavy (non-hydrogen) atoms. The SMILES string of the molecule is CC(C)c1cccc(C(C)C)c1N=P(c1ccccc1)(c1ccccc1)c1ccccc1[N-]/C(=C\P(C(C)C)C(C)C)c1ccccc1. The van der Waals surface area contributed by atoms with Crippen LogP contribution in [-0.2, 0) is 0 Å². The molecule has 0 atom stereocenters. The highest BCUT2D eigenvalue weighted by molar-refractivity contribution is 7.87. The molecule has 0 bridgehead atoms. The summed E-state index contributed by atoms with van der Waals surface area (Å²) < 4.78 is 6.14. The normalized spacial score (nSPS) is 12.4. The van der Waals surface area contributed by atoms with E-state index < -0.39 is 15.0 Å². The predicted molar refractivity (Wildman–Crippen MR) is 216 cm³/mol. The number of rotatable bonds is 12. The molecule has 5 aromatic rings. The molecule has 2 nitrogen and oxygen atoms in total. The van der Waals surface area contributed by atoms with Crippen molar-refractivity contribution < 1.29 is 0 Å². The van der Waals surface area contributed by atoms with Gasteiger partial charge in [-0.1, -0.05) is 203 Å². The van der Waals surface area contributed by atoms with Gasteiger partial charge in [-0.25, -0.2) is 0 Å². The van der Waals surface area contributed by atoms with Gasteiger partial charge in [0.25, 0.3) is 0 Å². The van der Waals surface area contributed by atoms with E-state index in [9.17, 15) is 0 Å². The second kappa shape index (κ2) is 16.1. The summed E-state index contributed by atoms with van der Waals surface area (Å²) in [5, 5.41) is 9.28. The van der Waals surface area contributed by atoms with E-state index in [-0.39, 0.29) is 0 Å². The van der Waals surface area contributed by atoms with E-state index >= 15 is 0 Å². The average Bonchev–Trinajstić information content (AvgIpc) is 3.10. The van der Waals surface area contributed by atoms with Crippen molar-refractivity contribution >= 4 is 48.0 Å². The highest BCUT2D eigenvalue weighted by Crippen LogP contribution is 2.56. The molecular weight excluding hydrogens is 618 g/mol. The molecule has 0 N–H and O–H groups in total. The summed E-state index contributed by atoms with van der Waals surface area (Å²) in [6.45, 7) is 18.5. The third-order valence-electron chi connectivity index (χ3n) is 8.86. The fourth-order valence-electron chi connectivity index (χ4n) is 6.44. The van der Waals surface area contributed by atoms with Gasteiger partial charge in [0.05, 0.1) is 12.7 Å². The van der Waals surface area contributed by atoms with Crippen molar-refractivity contribution in [3.63, 3.8) is 0 Å². The molecule has 0 saturated carbocycles. The van der Waals surface area contributed by atoms with Crippen LogP contribution in [0.5, 0.6) is 0 Å². The first-order valence-electron chi connectivity index (χ1n) is 17.4. The number of hydrogen-bond donors (Lipinski definition) is 0. The maximum absolute atomic E-state index is 6.14. The highest BCUT2D eigenvalue weighted by atomic mass is 31.2. The Kier molecular flexibility index (Phi) is 12.0. The van der Waals surface area contributed by atoms with Crippen molar-refractivity contribution in [3.05, 3.63) is 161 Å². The van der Waals surface area contributed by atoms with Crippen molar-refractivity contribution in [1.29, 1.82) is 0 Å². The molecule has 5 aromatic carbocycles. The van der Waals surface area contributed by atoms with E-state index in [4.69, 9.17) is 10.1 Å². The van der Waals surface area contributed by atoms with Crippen molar-refractivity contribution in [1.82, 2.24) is 0 Å². The van der Waals surface area contributed by atoms with Crippen LogP contribution < -0.4 is 15.9 Å². The predicted octanol–water partition coefficient (Wildman–Crippen LogP) is 13.0. The molecule has 0 radical (unpaired) electrons. The second-order valence-electron chi connectivity index (χ2n) is 13.6. The van der Waals surface area contributed by atoms with E-state index in [1.54, 1.807) is 0 Å². The van der Waals surface area contributed by atoms with Crippen LogP contribution in [0.1, 0.15) is 83.9 Å². The molecule has 0 fully saturated rings. The van der Waals surface area contributed by atoms with E-state index in [1.165, 1.54) is 27.0 Å². The van der Waals surface area contributed by atoms with Crippen LogP contribution in [0, 0.1) is 0 Å². The van der Waals surface area contributed by atoms with Crippen molar-refractivity contribution in [3.8, 4) is 0 Å². The van der Waals surface area contributed by atoms with Gasteiger partial charge in [-0.3, -0.25) is 4.74 Å². The van der Waals surface area contributed by atoms with Crippen LogP contribution in [0.25, 0.3) is 11.0 Å². The largest absolute Gasteiger partial charge is 0.657 e. The van der Waals surface area contributed by atoms with Gasteiger partial charge in [-0.05, 0) is 45.1 Å². The summed E-state index contributed by atoms with van der Waals surface area (Å²) in [5.74, 6) is 3.13. The summed E-state index contributed by atoms with van der Waals surface area (Å²) in [4.78, 5) is 0. The molecule has 0 unspecified atom stereocenters. The van der Waals surface area contributed by atoms with Crippen LogP contribution in [0.2, 0.25) is 0 Å². The Hall–Kier alpha value is -3.70. The fraction of sp³-hybridized carbons (Fsp3) is 0.273. The molecule has 0 spiro atoms. The first-order chi connectivity index (χ1) is 23.1. The topological polar surface area (TPSA) is 26.5 Å². The summed E-state index contributed by atoms with van der Waals surface area (Å²) in [7, 11) is -3.05. The fourth-order valence-corrected chi connectivity index (χ4v) is 12.4. The summed E-state index contributed by atoms with van der Waals surface area (Å²) in [6.07, 6.45) is 0. The third kappa shape index (κ3) is 7.78. The van der Waals surface area contributed by atoms with Gasteiger partial charge >= 0.3 is 0 Å². The summed E-state index contributed by atoms with van der Waals surface area (Å²) in [6, 6.07) is 48.2. The van der Waals surface area contributed by atoms with Crippen molar-refractivity contribution in [2.24, 2.45) is 4.74 Å². The van der Waals surface area contributed by atoms with Crippen molar-refractivity contribution in [2.45, 2.75) is 78.5 Å². The molecule has 0 heterocycles. The molecule has 5 rings (SSSR count). The van der Waals surface area contributed by atoms with Crippen molar-refractivity contribution in [2.75, 3.05) is 0 Å². The minimum absolute atomic E-state index is 0.328. The standard InChI is InChI=1S/C44H51N2P2/c1-32(2)39-27-20-28-40(33(3)4)44(39)46-48(37-23-14-10-15-24-37,38-25-16-11-17-26-38)43-30-19-18-29-41(43)45-42(36-21-12-9-13-22-36)31-47(34(5)6)35(7)8/h9-35H,1-8H3/q-1/b42-31-. The van der Waals surface area contributed by atoms with Gasteiger partial charge in [-0.15, -0.1) is 11.4 Å². The third-order valence-corrected chi connectivity index (χ3v) is 15.5. The zero-order valence-corrected chi connectivity index (χ0v) is 31.7. The Morgan fingerprint density at radius 2 is 1.02 bits per heavy atom. The van der Waals surface area contributed by atoms with E-state index in [2.05, 4.69) is 195 Å². The average molecular weight is 670 g/mol. The summed E-state index contributed by atoms with van der Waals surface area (Å²) in [5.41, 5.74) is 7.98. The van der Waals surface area contributed by atoms with Crippen LogP contribution in [0.3, 0.4) is 0 Å². The van der Waals surface area contributed by atoms with E-state index in [0.29, 0.717) is 23.2 Å². The van der Waals surface area contributed by atoms with Gasteiger partial charge in [0.2, 0.25) is 0 Å². The number of benzene rings is 5. The molecule has 0 amide bonds. The molecule has 0 aliphatic carbocycles. The molecule has 4 heteroatoms. The lowest BCUT2D eigenvalue weighted by Crippen LogP contribution is -2.26. The van der Waals surface area contributed by atoms with Gasteiger partial charge in [-0.2, -0.15) is 0 Å². The van der Waals surface area contributed by atoms with Gasteiger partial charge < -0.3 is 5.32 Å². The molecule has 0 aliphatic rings. The molecular formula is C44H51N2P2-. The minimum Gasteiger partial charge on any atom is -0.657 e. The van der Waals surface area contributed by atoms with Crippen LogP contribution in [0.15, 0.2) is 144 Å². The highest BCUT2D eigenvalue weighted by Gasteiger charge is 2.30. The lowest BCUT2D eigenvalue weighted by Gasteiger charge is -2.37. The van der Waals surface area contributed by atoms with E-state index in [0.717, 1.165) is 22.6 Å². The summed E-state index contributed by atoms with van der Waals surface area (Å²) >= 11 is 0. The Morgan fingerprint density at radius 3 is 1.50 bits per heavy atom. The zero-order valence-electron chi connectivity index (χ0n) is 29.9.